The van der Waals surface area contributed by atoms with Crippen LogP contribution in [0.2, 0.25) is 0 Å². The average Bonchev–Trinajstić information content (AvgIpc) is 2.36. The molecule has 1 aliphatic heterocycles. The maximum atomic E-state index is 12.2. The normalized spacial score (nSPS) is 22.6. The van der Waals surface area contributed by atoms with Crippen LogP contribution in [0.3, 0.4) is 0 Å². The lowest BCUT2D eigenvalue weighted by atomic mass is 9.93. The lowest BCUT2D eigenvalue weighted by molar-refractivity contribution is -0.133. The number of hydrogen-bond donors (Lipinski definition) is 1. The number of hydrogen-bond acceptors (Lipinski definition) is 3. The van der Waals surface area contributed by atoms with E-state index in [1.807, 2.05) is 25.7 Å². The molecule has 5 heteroatoms. The highest BCUT2D eigenvalue weighted by atomic mass is 16.6. The fraction of sp³-hybridized carbons (Fsp3) is 0.882. The van der Waals surface area contributed by atoms with Crippen molar-refractivity contribution in [3.05, 3.63) is 0 Å². The maximum absolute atomic E-state index is 12.2. The first-order chi connectivity index (χ1) is 10.1. The second-order valence-corrected chi connectivity index (χ2v) is 7.79. The van der Waals surface area contributed by atoms with Gasteiger partial charge in [-0.3, -0.25) is 4.79 Å². The highest BCUT2D eigenvalue weighted by Gasteiger charge is 2.30. The van der Waals surface area contributed by atoms with E-state index in [0.717, 1.165) is 12.8 Å². The van der Waals surface area contributed by atoms with Crippen molar-refractivity contribution in [2.45, 2.75) is 72.4 Å². The molecular weight excluding hydrogens is 280 g/mol. The van der Waals surface area contributed by atoms with Gasteiger partial charge in [0, 0.05) is 25.6 Å². The minimum atomic E-state index is -0.485. The van der Waals surface area contributed by atoms with Crippen molar-refractivity contribution in [1.29, 1.82) is 0 Å². The number of amides is 2. The van der Waals surface area contributed by atoms with Crippen LogP contribution in [-0.4, -0.2) is 41.6 Å². The van der Waals surface area contributed by atoms with Crippen LogP contribution in [0.4, 0.5) is 4.79 Å². The standard InChI is InChI=1S/C17H32N2O3/c1-12(2)7-8-15(20)19-10-9-14(13(3)11-19)18-16(21)22-17(4,5)6/h12-14H,7-11H2,1-6H3,(H,18,21)/t13-,14+/m1/s1. The van der Waals surface area contributed by atoms with Gasteiger partial charge in [-0.25, -0.2) is 4.79 Å². The van der Waals surface area contributed by atoms with Crippen molar-refractivity contribution in [2.75, 3.05) is 13.1 Å². The molecule has 5 nitrogen and oxygen atoms in total. The van der Waals surface area contributed by atoms with E-state index in [0.29, 0.717) is 25.4 Å². The smallest absolute Gasteiger partial charge is 0.407 e. The zero-order chi connectivity index (χ0) is 16.9. The highest BCUT2D eigenvalue weighted by Crippen LogP contribution is 2.19. The van der Waals surface area contributed by atoms with Crippen LogP contribution in [-0.2, 0) is 9.53 Å². The van der Waals surface area contributed by atoms with Crippen LogP contribution in [0.1, 0.15) is 60.8 Å². The molecule has 0 aliphatic carbocycles. The van der Waals surface area contributed by atoms with Gasteiger partial charge < -0.3 is 15.0 Å². The highest BCUT2D eigenvalue weighted by molar-refractivity contribution is 5.76. The molecule has 1 N–H and O–H groups in total. The minimum Gasteiger partial charge on any atom is -0.444 e. The predicted octanol–water partition coefficient (Wildman–Crippen LogP) is 3.18. The van der Waals surface area contributed by atoms with Crippen molar-refractivity contribution in [1.82, 2.24) is 10.2 Å². The fourth-order valence-corrected chi connectivity index (χ4v) is 2.62. The number of rotatable bonds is 4. The number of carbonyl (C=O) groups excluding carboxylic acids is 2. The molecule has 22 heavy (non-hydrogen) atoms. The largest absolute Gasteiger partial charge is 0.444 e. The lowest BCUT2D eigenvalue weighted by Crippen LogP contribution is -2.52. The number of nitrogens with zero attached hydrogens (tertiary/aromatic N) is 1. The average molecular weight is 312 g/mol. The van der Waals surface area contributed by atoms with Crippen molar-refractivity contribution >= 4 is 12.0 Å². The summed E-state index contributed by atoms with van der Waals surface area (Å²) in [5, 5.41) is 2.94. The summed E-state index contributed by atoms with van der Waals surface area (Å²) in [6, 6.07) is 0.0731. The third-order valence-corrected chi connectivity index (χ3v) is 3.90. The monoisotopic (exact) mass is 312 g/mol. The summed E-state index contributed by atoms with van der Waals surface area (Å²) < 4.78 is 5.30. The molecule has 2 amide bonds. The van der Waals surface area contributed by atoms with Crippen LogP contribution in [0.25, 0.3) is 0 Å². The Labute approximate surface area is 134 Å². The molecule has 0 aromatic heterocycles. The van der Waals surface area contributed by atoms with E-state index in [2.05, 4.69) is 26.1 Å². The number of ether oxygens (including phenoxy) is 1. The van der Waals surface area contributed by atoms with E-state index in [4.69, 9.17) is 4.74 Å². The van der Waals surface area contributed by atoms with Gasteiger partial charge in [0.25, 0.3) is 0 Å². The molecule has 0 aromatic rings. The van der Waals surface area contributed by atoms with E-state index >= 15 is 0 Å². The zero-order valence-corrected chi connectivity index (χ0v) is 14.9. The summed E-state index contributed by atoms with van der Waals surface area (Å²) in [6.45, 7) is 13.3. The number of alkyl carbamates (subject to hydrolysis) is 1. The number of carbonyl (C=O) groups is 2. The number of piperidine rings is 1. The molecule has 0 radical (unpaired) electrons. The van der Waals surface area contributed by atoms with Gasteiger partial charge in [0.2, 0.25) is 5.91 Å². The van der Waals surface area contributed by atoms with Crippen molar-refractivity contribution in [2.24, 2.45) is 11.8 Å². The summed E-state index contributed by atoms with van der Waals surface area (Å²) >= 11 is 0. The van der Waals surface area contributed by atoms with Gasteiger partial charge in [-0.05, 0) is 45.4 Å². The van der Waals surface area contributed by atoms with Crippen LogP contribution < -0.4 is 5.32 Å². The molecule has 1 saturated heterocycles. The van der Waals surface area contributed by atoms with Crippen LogP contribution in [0.15, 0.2) is 0 Å². The first-order valence-electron chi connectivity index (χ1n) is 8.35. The molecule has 128 valence electrons. The molecule has 0 saturated carbocycles. The summed E-state index contributed by atoms with van der Waals surface area (Å²) in [7, 11) is 0. The minimum absolute atomic E-state index is 0.0731. The summed E-state index contributed by atoms with van der Waals surface area (Å²) in [5.74, 6) is 1.02. The third kappa shape index (κ3) is 6.67. The first kappa shape index (κ1) is 18.8. The molecule has 2 atom stereocenters. The molecule has 0 aromatic carbocycles. The van der Waals surface area contributed by atoms with Gasteiger partial charge in [-0.2, -0.15) is 0 Å². The van der Waals surface area contributed by atoms with Gasteiger partial charge in [0.05, 0.1) is 0 Å². The summed E-state index contributed by atoms with van der Waals surface area (Å²) in [5.41, 5.74) is -0.485. The molecule has 1 heterocycles. The van der Waals surface area contributed by atoms with Gasteiger partial charge in [0.1, 0.15) is 5.60 Å². The van der Waals surface area contributed by atoms with Crippen LogP contribution >= 0.6 is 0 Å². The molecular formula is C17H32N2O3. The Bertz CT molecular complexity index is 388. The van der Waals surface area contributed by atoms with E-state index in [1.165, 1.54) is 0 Å². The topological polar surface area (TPSA) is 58.6 Å². The van der Waals surface area contributed by atoms with Crippen molar-refractivity contribution in [3.63, 3.8) is 0 Å². The SMILES string of the molecule is CC(C)CCC(=O)N1CC[C@H](NC(=O)OC(C)(C)C)[C@H](C)C1. The van der Waals surface area contributed by atoms with Crippen molar-refractivity contribution < 1.29 is 14.3 Å². The second-order valence-electron chi connectivity index (χ2n) is 7.79. The second kappa shape index (κ2) is 7.84. The number of nitrogens with one attached hydrogen (secondary N) is 1. The Kier molecular flexibility index (Phi) is 6.69. The zero-order valence-electron chi connectivity index (χ0n) is 14.9. The molecule has 0 unspecified atom stereocenters. The Hall–Kier alpha value is -1.26. The van der Waals surface area contributed by atoms with Gasteiger partial charge in [0.15, 0.2) is 0 Å². The lowest BCUT2D eigenvalue weighted by Gasteiger charge is -2.37. The van der Waals surface area contributed by atoms with E-state index < -0.39 is 5.60 Å². The quantitative estimate of drug-likeness (QED) is 0.867. The van der Waals surface area contributed by atoms with Gasteiger partial charge >= 0.3 is 6.09 Å². The predicted molar refractivity (Wildman–Crippen MR) is 87.6 cm³/mol. The number of likely N-dealkylation sites (tertiary alicyclic amines) is 1. The van der Waals surface area contributed by atoms with Gasteiger partial charge in [-0.1, -0.05) is 20.8 Å². The van der Waals surface area contributed by atoms with Crippen molar-refractivity contribution in [3.8, 4) is 0 Å². The van der Waals surface area contributed by atoms with Crippen LogP contribution in [0.5, 0.6) is 0 Å². The van der Waals surface area contributed by atoms with E-state index in [9.17, 15) is 9.59 Å². The van der Waals surface area contributed by atoms with Gasteiger partial charge in [-0.15, -0.1) is 0 Å². The maximum Gasteiger partial charge on any atom is 0.407 e. The molecule has 1 fully saturated rings. The van der Waals surface area contributed by atoms with E-state index in [1.54, 1.807) is 0 Å². The molecule has 0 bridgehead atoms. The fourth-order valence-electron chi connectivity index (χ4n) is 2.62. The van der Waals surface area contributed by atoms with E-state index in [-0.39, 0.29) is 24.0 Å². The molecule has 0 spiro atoms. The Morgan fingerprint density at radius 1 is 1.32 bits per heavy atom. The Morgan fingerprint density at radius 2 is 1.95 bits per heavy atom. The summed E-state index contributed by atoms with van der Waals surface area (Å²) in [6.07, 6.45) is 1.97. The van der Waals surface area contributed by atoms with Crippen LogP contribution in [0, 0.1) is 11.8 Å². The molecule has 1 rings (SSSR count). The third-order valence-electron chi connectivity index (χ3n) is 3.90. The molecule has 1 aliphatic rings. The Balaban J connectivity index is 2.42. The summed E-state index contributed by atoms with van der Waals surface area (Å²) in [4.78, 5) is 26.0. The first-order valence-corrected chi connectivity index (χ1v) is 8.35. The Morgan fingerprint density at radius 3 is 2.45 bits per heavy atom.